The lowest BCUT2D eigenvalue weighted by atomic mass is 10.2. The molecule has 1 saturated heterocycles. The van der Waals surface area contributed by atoms with Crippen molar-refractivity contribution in [2.45, 2.75) is 13.5 Å². The van der Waals surface area contributed by atoms with Gasteiger partial charge in [-0.15, -0.1) is 0 Å². The Morgan fingerprint density at radius 3 is 2.52 bits per heavy atom. The molecule has 6 heteroatoms. The van der Waals surface area contributed by atoms with E-state index in [1.54, 1.807) is 14.2 Å². The summed E-state index contributed by atoms with van der Waals surface area (Å²) in [7, 11) is 3.25. The summed E-state index contributed by atoms with van der Waals surface area (Å²) in [6.07, 6.45) is 0. The molecule has 0 bridgehead atoms. The first kappa shape index (κ1) is 17.6. The maximum absolute atomic E-state index is 12.4. The van der Waals surface area contributed by atoms with E-state index < -0.39 is 0 Å². The summed E-state index contributed by atoms with van der Waals surface area (Å²) in [6.45, 7) is 6.64. The minimum atomic E-state index is 0.163. The fourth-order valence-electron chi connectivity index (χ4n) is 2.62. The Balaban J connectivity index is 1.97. The number of carbonyl (C=O) groups excluding carboxylic acids is 1. The number of benzene rings is 1. The fourth-order valence-corrected chi connectivity index (χ4v) is 2.62. The lowest BCUT2D eigenvalue weighted by Crippen LogP contribution is -2.45. The van der Waals surface area contributed by atoms with Gasteiger partial charge in [0.1, 0.15) is 0 Å². The van der Waals surface area contributed by atoms with Crippen molar-refractivity contribution < 1.29 is 19.0 Å². The molecule has 1 aromatic carbocycles. The number of amides is 1. The molecule has 23 heavy (non-hydrogen) atoms. The SMILES string of the molecule is CCN(CC(=O)N1CCOCC1)Cc1ccc(OC)c(OC)c1. The van der Waals surface area contributed by atoms with Crippen LogP contribution in [0, 0.1) is 0 Å². The number of hydrogen-bond acceptors (Lipinski definition) is 5. The highest BCUT2D eigenvalue weighted by atomic mass is 16.5. The summed E-state index contributed by atoms with van der Waals surface area (Å²) >= 11 is 0. The molecule has 128 valence electrons. The maximum atomic E-state index is 12.4. The molecule has 0 atom stereocenters. The molecule has 0 radical (unpaired) electrons. The molecule has 0 saturated carbocycles. The number of likely N-dealkylation sites (N-methyl/N-ethyl adjacent to an activating group) is 1. The molecule has 1 fully saturated rings. The topological polar surface area (TPSA) is 51.2 Å². The van der Waals surface area contributed by atoms with Crippen molar-refractivity contribution >= 4 is 5.91 Å². The summed E-state index contributed by atoms with van der Waals surface area (Å²) in [5.41, 5.74) is 1.10. The number of nitrogens with zero attached hydrogens (tertiary/aromatic N) is 2. The van der Waals surface area contributed by atoms with Crippen molar-refractivity contribution in [1.82, 2.24) is 9.80 Å². The van der Waals surface area contributed by atoms with E-state index in [2.05, 4.69) is 11.8 Å². The minimum absolute atomic E-state index is 0.163. The lowest BCUT2D eigenvalue weighted by molar-refractivity contribution is -0.136. The molecule has 2 rings (SSSR count). The molecular weight excluding hydrogens is 296 g/mol. The van der Waals surface area contributed by atoms with Crippen LogP contribution < -0.4 is 9.47 Å². The van der Waals surface area contributed by atoms with Gasteiger partial charge in [0.25, 0.3) is 0 Å². The highest BCUT2D eigenvalue weighted by molar-refractivity contribution is 5.78. The third-order valence-corrected chi connectivity index (χ3v) is 4.02. The average Bonchev–Trinajstić information content (AvgIpc) is 2.61. The van der Waals surface area contributed by atoms with Crippen molar-refractivity contribution in [2.75, 3.05) is 53.6 Å². The monoisotopic (exact) mass is 322 g/mol. The zero-order valence-electron chi connectivity index (χ0n) is 14.2. The van der Waals surface area contributed by atoms with Gasteiger partial charge >= 0.3 is 0 Å². The minimum Gasteiger partial charge on any atom is -0.493 e. The van der Waals surface area contributed by atoms with E-state index in [0.29, 0.717) is 50.9 Å². The van der Waals surface area contributed by atoms with E-state index in [9.17, 15) is 4.79 Å². The second kappa shape index (κ2) is 8.74. The van der Waals surface area contributed by atoms with Crippen LogP contribution in [0.4, 0.5) is 0 Å². The zero-order valence-corrected chi connectivity index (χ0v) is 14.2. The third kappa shape index (κ3) is 4.84. The Hall–Kier alpha value is -1.79. The molecule has 0 spiro atoms. The van der Waals surface area contributed by atoms with Crippen molar-refractivity contribution in [1.29, 1.82) is 0 Å². The first-order valence-electron chi connectivity index (χ1n) is 7.96. The van der Waals surface area contributed by atoms with Crippen molar-refractivity contribution in [2.24, 2.45) is 0 Å². The number of carbonyl (C=O) groups is 1. The van der Waals surface area contributed by atoms with Gasteiger partial charge in [-0.1, -0.05) is 13.0 Å². The van der Waals surface area contributed by atoms with Gasteiger partial charge in [-0.25, -0.2) is 0 Å². The Morgan fingerprint density at radius 2 is 1.91 bits per heavy atom. The Labute approximate surface area is 137 Å². The standard InChI is InChI=1S/C17H26N2O4/c1-4-18(13-17(20)19-7-9-23-10-8-19)12-14-5-6-15(21-2)16(11-14)22-3/h5-6,11H,4,7-10,12-13H2,1-3H3. The van der Waals surface area contributed by atoms with Crippen LogP contribution in [0.5, 0.6) is 11.5 Å². The highest BCUT2D eigenvalue weighted by Crippen LogP contribution is 2.28. The van der Waals surface area contributed by atoms with Gasteiger partial charge in [0.15, 0.2) is 11.5 Å². The van der Waals surface area contributed by atoms with E-state index in [0.717, 1.165) is 12.1 Å². The van der Waals surface area contributed by atoms with E-state index in [1.807, 2.05) is 23.1 Å². The van der Waals surface area contributed by atoms with Gasteiger partial charge in [-0.3, -0.25) is 9.69 Å². The van der Waals surface area contributed by atoms with E-state index >= 15 is 0 Å². The molecule has 6 nitrogen and oxygen atoms in total. The molecule has 0 N–H and O–H groups in total. The summed E-state index contributed by atoms with van der Waals surface area (Å²) in [6, 6.07) is 5.86. The van der Waals surface area contributed by atoms with Gasteiger partial charge in [0, 0.05) is 19.6 Å². The Morgan fingerprint density at radius 1 is 1.22 bits per heavy atom. The molecule has 1 aliphatic heterocycles. The maximum Gasteiger partial charge on any atom is 0.236 e. The van der Waals surface area contributed by atoms with Gasteiger partial charge in [0.2, 0.25) is 5.91 Å². The molecule has 1 aromatic rings. The summed E-state index contributed by atoms with van der Waals surface area (Å²) in [4.78, 5) is 16.4. The first-order chi connectivity index (χ1) is 11.2. The number of methoxy groups -OCH3 is 2. The molecule has 1 amide bonds. The molecule has 1 aliphatic rings. The smallest absolute Gasteiger partial charge is 0.236 e. The number of hydrogen-bond donors (Lipinski definition) is 0. The van der Waals surface area contributed by atoms with E-state index in [-0.39, 0.29) is 5.91 Å². The van der Waals surface area contributed by atoms with Crippen LogP contribution in [0.3, 0.4) is 0 Å². The van der Waals surface area contributed by atoms with Crippen LogP contribution >= 0.6 is 0 Å². The van der Waals surface area contributed by atoms with Crippen LogP contribution in [-0.2, 0) is 16.1 Å². The predicted octanol–water partition coefficient (Wildman–Crippen LogP) is 1.38. The highest BCUT2D eigenvalue weighted by Gasteiger charge is 2.19. The molecule has 0 aromatic heterocycles. The molecule has 0 unspecified atom stereocenters. The fraction of sp³-hybridized carbons (Fsp3) is 0.588. The van der Waals surface area contributed by atoms with Crippen molar-refractivity contribution in [3.8, 4) is 11.5 Å². The van der Waals surface area contributed by atoms with Crippen LogP contribution in [0.1, 0.15) is 12.5 Å². The number of rotatable bonds is 7. The summed E-state index contributed by atoms with van der Waals surface area (Å²) in [5.74, 6) is 1.58. The van der Waals surface area contributed by atoms with Crippen LogP contribution in [-0.4, -0.2) is 69.3 Å². The van der Waals surface area contributed by atoms with Gasteiger partial charge in [-0.05, 0) is 24.2 Å². The van der Waals surface area contributed by atoms with Crippen LogP contribution in [0.15, 0.2) is 18.2 Å². The van der Waals surface area contributed by atoms with Crippen molar-refractivity contribution in [3.05, 3.63) is 23.8 Å². The second-order valence-electron chi connectivity index (χ2n) is 5.49. The van der Waals surface area contributed by atoms with Gasteiger partial charge in [0.05, 0.1) is 34.0 Å². The average molecular weight is 322 g/mol. The Bertz CT molecular complexity index is 515. The second-order valence-corrected chi connectivity index (χ2v) is 5.49. The van der Waals surface area contributed by atoms with Crippen molar-refractivity contribution in [3.63, 3.8) is 0 Å². The largest absolute Gasteiger partial charge is 0.493 e. The van der Waals surface area contributed by atoms with Gasteiger partial charge < -0.3 is 19.1 Å². The molecule has 1 heterocycles. The van der Waals surface area contributed by atoms with E-state index in [4.69, 9.17) is 14.2 Å². The quantitative estimate of drug-likeness (QED) is 0.759. The number of ether oxygens (including phenoxy) is 3. The molecular formula is C17H26N2O4. The van der Waals surface area contributed by atoms with Crippen LogP contribution in [0.25, 0.3) is 0 Å². The van der Waals surface area contributed by atoms with Crippen LogP contribution in [0.2, 0.25) is 0 Å². The zero-order chi connectivity index (χ0) is 16.7. The number of morpholine rings is 1. The Kier molecular flexibility index (Phi) is 6.67. The molecule has 0 aliphatic carbocycles. The summed E-state index contributed by atoms with van der Waals surface area (Å²) in [5, 5.41) is 0. The lowest BCUT2D eigenvalue weighted by Gasteiger charge is -2.29. The van der Waals surface area contributed by atoms with Gasteiger partial charge in [-0.2, -0.15) is 0 Å². The van der Waals surface area contributed by atoms with E-state index in [1.165, 1.54) is 0 Å². The first-order valence-corrected chi connectivity index (χ1v) is 7.96. The predicted molar refractivity (Wildman–Crippen MR) is 87.9 cm³/mol. The summed E-state index contributed by atoms with van der Waals surface area (Å²) < 4.78 is 15.9. The third-order valence-electron chi connectivity index (χ3n) is 4.02. The normalized spacial score (nSPS) is 14.9.